The fourth-order valence-electron chi connectivity index (χ4n) is 3.13. The van der Waals surface area contributed by atoms with Crippen LogP contribution >= 0.6 is 23.2 Å². The van der Waals surface area contributed by atoms with E-state index in [9.17, 15) is 13.2 Å². The topological polar surface area (TPSA) is 75.7 Å². The van der Waals surface area contributed by atoms with Gasteiger partial charge in [-0.1, -0.05) is 65.7 Å². The number of hydrogen-bond acceptors (Lipinski definition) is 4. The summed E-state index contributed by atoms with van der Waals surface area (Å²) in [6.45, 7) is 3.45. The van der Waals surface area contributed by atoms with Crippen LogP contribution < -0.4 is 14.4 Å². The van der Waals surface area contributed by atoms with E-state index >= 15 is 0 Å². The molecule has 0 aliphatic carbocycles. The van der Waals surface area contributed by atoms with Gasteiger partial charge in [-0.25, -0.2) is 8.42 Å². The van der Waals surface area contributed by atoms with Crippen molar-refractivity contribution in [3.8, 4) is 5.75 Å². The molecule has 0 spiro atoms. The van der Waals surface area contributed by atoms with Gasteiger partial charge in [-0.05, 0) is 49.7 Å². The van der Waals surface area contributed by atoms with E-state index < -0.39 is 22.5 Å². The van der Waals surface area contributed by atoms with Crippen molar-refractivity contribution in [3.05, 3.63) is 88.4 Å². The molecule has 3 aromatic carbocycles. The van der Waals surface area contributed by atoms with Crippen LogP contribution in [0.2, 0.25) is 10.0 Å². The summed E-state index contributed by atoms with van der Waals surface area (Å²) in [7, 11) is -4.09. The maximum absolute atomic E-state index is 13.4. The van der Waals surface area contributed by atoms with Crippen molar-refractivity contribution in [2.75, 3.05) is 17.5 Å². The summed E-state index contributed by atoms with van der Waals surface area (Å²) in [5.74, 6) is 0.212. The van der Waals surface area contributed by atoms with E-state index in [1.165, 1.54) is 18.2 Å². The Morgan fingerprint density at radius 2 is 1.67 bits per heavy atom. The second kappa shape index (κ2) is 10.9. The van der Waals surface area contributed by atoms with Crippen LogP contribution in [0.15, 0.2) is 77.7 Å². The molecule has 9 heteroatoms. The number of anilines is 1. The number of nitrogens with zero attached hydrogens (tertiary/aromatic N) is 1. The van der Waals surface area contributed by atoms with Crippen LogP contribution in [0.3, 0.4) is 0 Å². The van der Waals surface area contributed by atoms with Crippen LogP contribution in [0.4, 0.5) is 5.69 Å². The van der Waals surface area contributed by atoms with Gasteiger partial charge in [0.1, 0.15) is 18.9 Å². The Labute approximate surface area is 204 Å². The van der Waals surface area contributed by atoms with Crippen LogP contribution in [-0.2, 0) is 14.8 Å². The first-order valence-corrected chi connectivity index (χ1v) is 12.4. The predicted octanol–water partition coefficient (Wildman–Crippen LogP) is 5.08. The van der Waals surface area contributed by atoms with Crippen molar-refractivity contribution in [2.24, 2.45) is 0 Å². The van der Waals surface area contributed by atoms with Gasteiger partial charge in [0.2, 0.25) is 5.91 Å². The molecular formula is C24H24Cl2N2O4S. The SMILES string of the molecule is Cc1ccccc1OCC(C)NC(=O)CN(c1cccc(Cl)c1Cl)S(=O)(=O)c1ccccc1. The molecule has 0 heterocycles. The molecule has 6 nitrogen and oxygen atoms in total. The van der Waals surface area contributed by atoms with Gasteiger partial charge < -0.3 is 10.1 Å². The van der Waals surface area contributed by atoms with Crippen molar-refractivity contribution >= 4 is 44.8 Å². The van der Waals surface area contributed by atoms with Gasteiger partial charge in [0, 0.05) is 0 Å². The Morgan fingerprint density at radius 1 is 1.00 bits per heavy atom. The molecular weight excluding hydrogens is 483 g/mol. The summed E-state index contributed by atoms with van der Waals surface area (Å²) in [5.41, 5.74) is 1.10. The third kappa shape index (κ3) is 6.19. The number of carbonyl (C=O) groups excluding carboxylic acids is 1. The molecule has 1 amide bonds. The molecule has 0 saturated heterocycles. The predicted molar refractivity (Wildman–Crippen MR) is 132 cm³/mol. The summed E-state index contributed by atoms with van der Waals surface area (Å²) < 4.78 is 33.5. The fourth-order valence-corrected chi connectivity index (χ4v) is 5.03. The van der Waals surface area contributed by atoms with Crippen LogP contribution in [0.25, 0.3) is 0 Å². The molecule has 174 valence electrons. The van der Waals surface area contributed by atoms with E-state index in [-0.39, 0.29) is 33.3 Å². The van der Waals surface area contributed by atoms with E-state index in [2.05, 4.69) is 5.32 Å². The van der Waals surface area contributed by atoms with Crippen LogP contribution in [0.5, 0.6) is 5.75 Å². The van der Waals surface area contributed by atoms with Crippen molar-refractivity contribution in [1.29, 1.82) is 0 Å². The molecule has 1 atom stereocenters. The number of benzene rings is 3. The third-order valence-electron chi connectivity index (χ3n) is 4.81. The first-order chi connectivity index (χ1) is 15.7. The maximum Gasteiger partial charge on any atom is 0.264 e. The standard InChI is InChI=1S/C24H24Cl2N2O4S/c1-17-9-6-7-14-22(17)32-16-18(2)27-23(29)15-28(21-13-8-12-20(25)24(21)26)33(30,31)19-10-4-3-5-11-19/h3-14,18H,15-16H2,1-2H3,(H,27,29). The molecule has 0 aromatic heterocycles. The lowest BCUT2D eigenvalue weighted by atomic mass is 10.2. The summed E-state index contributed by atoms with van der Waals surface area (Å²) in [5, 5.41) is 3.01. The van der Waals surface area contributed by atoms with Gasteiger partial charge in [0.05, 0.1) is 26.7 Å². The van der Waals surface area contributed by atoms with E-state index in [0.717, 1.165) is 15.6 Å². The van der Waals surface area contributed by atoms with Gasteiger partial charge >= 0.3 is 0 Å². The highest BCUT2D eigenvalue weighted by Crippen LogP contribution is 2.35. The molecule has 3 rings (SSSR count). The monoisotopic (exact) mass is 506 g/mol. The normalized spacial score (nSPS) is 12.1. The Morgan fingerprint density at radius 3 is 2.36 bits per heavy atom. The summed E-state index contributed by atoms with van der Waals surface area (Å²) in [6, 6.07) is 19.7. The summed E-state index contributed by atoms with van der Waals surface area (Å²) in [6.07, 6.45) is 0. The maximum atomic E-state index is 13.4. The summed E-state index contributed by atoms with van der Waals surface area (Å²) in [4.78, 5) is 12.9. The minimum absolute atomic E-state index is 0.0322. The number of hydrogen-bond donors (Lipinski definition) is 1. The largest absolute Gasteiger partial charge is 0.491 e. The molecule has 0 aliphatic rings. The van der Waals surface area contributed by atoms with E-state index in [0.29, 0.717) is 0 Å². The Balaban J connectivity index is 1.79. The number of carbonyl (C=O) groups is 1. The second-order valence-electron chi connectivity index (χ2n) is 7.44. The number of sulfonamides is 1. The minimum Gasteiger partial charge on any atom is -0.491 e. The van der Waals surface area contributed by atoms with Gasteiger partial charge in [0.25, 0.3) is 10.0 Å². The minimum atomic E-state index is -4.09. The van der Waals surface area contributed by atoms with Gasteiger partial charge in [0.15, 0.2) is 0 Å². The molecule has 0 bridgehead atoms. The number of para-hydroxylation sites is 1. The highest BCUT2D eigenvalue weighted by Gasteiger charge is 2.29. The number of rotatable bonds is 9. The highest BCUT2D eigenvalue weighted by atomic mass is 35.5. The molecule has 3 aromatic rings. The number of nitrogens with one attached hydrogen (secondary N) is 1. The van der Waals surface area contributed by atoms with Gasteiger partial charge in [-0.3, -0.25) is 9.10 Å². The first kappa shape index (κ1) is 24.9. The smallest absolute Gasteiger partial charge is 0.264 e. The first-order valence-electron chi connectivity index (χ1n) is 10.2. The quantitative estimate of drug-likeness (QED) is 0.438. The Kier molecular flexibility index (Phi) is 8.24. The lowest BCUT2D eigenvalue weighted by Crippen LogP contribution is -2.45. The van der Waals surface area contributed by atoms with Crippen molar-refractivity contribution in [2.45, 2.75) is 24.8 Å². The molecule has 1 N–H and O–H groups in total. The molecule has 0 radical (unpaired) electrons. The Bertz CT molecular complexity index is 1220. The molecule has 0 fully saturated rings. The lowest BCUT2D eigenvalue weighted by molar-refractivity contribution is -0.120. The summed E-state index contributed by atoms with van der Waals surface area (Å²) >= 11 is 12.4. The average molecular weight is 507 g/mol. The Hall–Kier alpha value is -2.74. The molecule has 0 aliphatic heterocycles. The van der Waals surface area contributed by atoms with Crippen molar-refractivity contribution in [3.63, 3.8) is 0 Å². The zero-order valence-electron chi connectivity index (χ0n) is 18.2. The van der Waals surface area contributed by atoms with E-state index in [1.807, 2.05) is 31.2 Å². The molecule has 33 heavy (non-hydrogen) atoms. The van der Waals surface area contributed by atoms with Crippen LogP contribution in [0.1, 0.15) is 12.5 Å². The van der Waals surface area contributed by atoms with Gasteiger partial charge in [-0.2, -0.15) is 0 Å². The zero-order chi connectivity index (χ0) is 24.0. The molecule has 1 unspecified atom stereocenters. The molecule has 0 saturated carbocycles. The number of ether oxygens (including phenoxy) is 1. The van der Waals surface area contributed by atoms with Crippen LogP contribution in [0, 0.1) is 6.92 Å². The second-order valence-corrected chi connectivity index (χ2v) is 10.1. The van der Waals surface area contributed by atoms with Crippen molar-refractivity contribution < 1.29 is 17.9 Å². The lowest BCUT2D eigenvalue weighted by Gasteiger charge is -2.26. The highest BCUT2D eigenvalue weighted by molar-refractivity contribution is 7.92. The average Bonchev–Trinajstić information content (AvgIpc) is 2.79. The fraction of sp³-hybridized carbons (Fsp3) is 0.208. The van der Waals surface area contributed by atoms with Crippen molar-refractivity contribution in [1.82, 2.24) is 5.32 Å². The van der Waals surface area contributed by atoms with E-state index in [4.69, 9.17) is 27.9 Å². The van der Waals surface area contributed by atoms with Gasteiger partial charge in [-0.15, -0.1) is 0 Å². The van der Waals surface area contributed by atoms with E-state index in [1.54, 1.807) is 37.3 Å². The van der Waals surface area contributed by atoms with Crippen LogP contribution in [-0.4, -0.2) is 33.5 Å². The zero-order valence-corrected chi connectivity index (χ0v) is 20.5. The number of halogens is 2. The number of aryl methyl sites for hydroxylation is 1. The third-order valence-corrected chi connectivity index (χ3v) is 7.39. The number of amides is 1.